The molecule has 0 unspecified atom stereocenters. The Kier molecular flexibility index (Phi) is 9.74. The number of carboxylic acids is 2. The fraction of sp³-hybridized carbons (Fsp3) is 0.214. The maximum Gasteiger partial charge on any atom is 0.490 e. The van der Waals surface area contributed by atoms with E-state index < -0.39 is 24.3 Å². The second-order valence-corrected chi connectivity index (χ2v) is 10.1. The summed E-state index contributed by atoms with van der Waals surface area (Å²) in [4.78, 5) is 25.0. The molecular formula is C28H23F6N5O4S. The molecule has 1 fully saturated rings. The Bertz CT molecular complexity index is 1720. The van der Waals surface area contributed by atoms with Gasteiger partial charge in [-0.3, -0.25) is 0 Å². The smallest absolute Gasteiger partial charge is 0.475 e. The molecule has 1 saturated heterocycles. The molecule has 5 aromatic rings. The zero-order valence-corrected chi connectivity index (χ0v) is 23.2. The number of halogens is 6. The van der Waals surface area contributed by atoms with Gasteiger partial charge in [0.1, 0.15) is 0 Å². The molecule has 232 valence electrons. The zero-order valence-electron chi connectivity index (χ0n) is 22.4. The van der Waals surface area contributed by atoms with E-state index in [4.69, 9.17) is 24.8 Å². The van der Waals surface area contributed by atoms with Crippen LogP contribution in [0.15, 0.2) is 72.5 Å². The molecule has 1 aliphatic rings. The van der Waals surface area contributed by atoms with Crippen molar-refractivity contribution in [2.24, 2.45) is 0 Å². The number of nitrogens with one attached hydrogen (secondary N) is 1. The van der Waals surface area contributed by atoms with Crippen molar-refractivity contribution in [1.29, 1.82) is 0 Å². The molecule has 1 aliphatic heterocycles. The van der Waals surface area contributed by atoms with Gasteiger partial charge < -0.3 is 20.4 Å². The Morgan fingerprint density at radius 2 is 1.41 bits per heavy atom. The average Bonchev–Trinajstić information content (AvgIpc) is 3.61. The van der Waals surface area contributed by atoms with Crippen LogP contribution in [0.4, 0.5) is 32.0 Å². The Balaban J connectivity index is 0.000000265. The summed E-state index contributed by atoms with van der Waals surface area (Å²) in [6, 6.07) is 17.3. The molecule has 0 aliphatic carbocycles. The van der Waals surface area contributed by atoms with E-state index in [1.165, 1.54) is 21.3 Å². The van der Waals surface area contributed by atoms with Crippen LogP contribution in [0.5, 0.6) is 0 Å². The molecule has 9 nitrogen and oxygen atoms in total. The number of alkyl halides is 6. The molecule has 0 amide bonds. The van der Waals surface area contributed by atoms with Crippen LogP contribution in [0.3, 0.4) is 0 Å². The summed E-state index contributed by atoms with van der Waals surface area (Å²) in [6.07, 6.45) is -4.22. The van der Waals surface area contributed by atoms with Gasteiger partial charge in [0.05, 0.1) is 6.20 Å². The first-order chi connectivity index (χ1) is 20.8. The molecule has 6 rings (SSSR count). The number of nitrogens with zero attached hydrogens (tertiary/aromatic N) is 4. The van der Waals surface area contributed by atoms with Crippen LogP contribution in [0, 0.1) is 0 Å². The quantitative estimate of drug-likeness (QED) is 0.207. The van der Waals surface area contributed by atoms with E-state index in [9.17, 15) is 26.3 Å². The van der Waals surface area contributed by atoms with Gasteiger partial charge in [0.25, 0.3) is 0 Å². The van der Waals surface area contributed by atoms with Crippen LogP contribution in [0.25, 0.3) is 38.0 Å². The number of carbonyl (C=O) groups is 2. The highest BCUT2D eigenvalue weighted by Crippen LogP contribution is 2.35. The fourth-order valence-corrected chi connectivity index (χ4v) is 5.15. The van der Waals surface area contributed by atoms with Gasteiger partial charge in [-0.1, -0.05) is 30.3 Å². The molecule has 0 atom stereocenters. The lowest BCUT2D eigenvalue weighted by Gasteiger charge is -2.29. The standard InChI is InChI=1S/C24H21N5S.2C2HF3O2/c1-2-4-23-20(3-1)22(16-30-23)21-14-27-29-15-18(13-26-24(21)29)17-5-7-19(8-6-17)28-11-9-25-10-12-28;2*3-2(4,5)1(6)7/h1-8,13-16,25H,9-12H2;2*(H,6,7). The lowest BCUT2D eigenvalue weighted by molar-refractivity contribution is -0.193. The molecule has 3 N–H and O–H groups in total. The van der Waals surface area contributed by atoms with E-state index >= 15 is 0 Å². The molecule has 0 spiro atoms. The Hall–Kier alpha value is -4.70. The van der Waals surface area contributed by atoms with Crippen molar-refractivity contribution in [1.82, 2.24) is 19.9 Å². The third-order valence-electron chi connectivity index (χ3n) is 6.30. The van der Waals surface area contributed by atoms with E-state index in [0.717, 1.165) is 48.5 Å². The van der Waals surface area contributed by atoms with Crippen LogP contribution >= 0.6 is 11.3 Å². The van der Waals surface area contributed by atoms with Crippen molar-refractivity contribution < 1.29 is 46.1 Å². The number of benzene rings is 2. The third-order valence-corrected chi connectivity index (χ3v) is 7.26. The zero-order chi connectivity index (χ0) is 32.1. The number of hydrogen-bond donors (Lipinski definition) is 3. The Morgan fingerprint density at radius 1 is 0.818 bits per heavy atom. The van der Waals surface area contributed by atoms with Crippen molar-refractivity contribution in [2.45, 2.75) is 12.4 Å². The number of thiophene rings is 1. The van der Waals surface area contributed by atoms with Gasteiger partial charge in [0.2, 0.25) is 0 Å². The van der Waals surface area contributed by atoms with Gasteiger partial charge >= 0.3 is 24.3 Å². The fourth-order valence-electron chi connectivity index (χ4n) is 4.19. The van der Waals surface area contributed by atoms with Crippen LogP contribution in [0.2, 0.25) is 0 Å². The molecule has 44 heavy (non-hydrogen) atoms. The summed E-state index contributed by atoms with van der Waals surface area (Å²) in [6.45, 7) is 4.20. The van der Waals surface area contributed by atoms with Crippen LogP contribution in [-0.2, 0) is 9.59 Å². The molecule has 4 heterocycles. The number of carboxylic acid groups (broad SMARTS) is 2. The average molecular weight is 640 g/mol. The summed E-state index contributed by atoms with van der Waals surface area (Å²) in [5.41, 5.74) is 6.67. The summed E-state index contributed by atoms with van der Waals surface area (Å²) in [7, 11) is 0. The highest BCUT2D eigenvalue weighted by Gasteiger charge is 2.38. The van der Waals surface area contributed by atoms with Gasteiger partial charge in [0.15, 0.2) is 5.65 Å². The number of piperazine rings is 1. The lowest BCUT2D eigenvalue weighted by Crippen LogP contribution is -2.43. The summed E-state index contributed by atoms with van der Waals surface area (Å²) in [5, 5.41) is 25.7. The van der Waals surface area contributed by atoms with Crippen molar-refractivity contribution in [3.05, 3.63) is 72.5 Å². The number of anilines is 1. The molecule has 0 saturated carbocycles. The summed E-state index contributed by atoms with van der Waals surface area (Å²) >= 11 is 1.76. The molecule has 3 aromatic heterocycles. The minimum atomic E-state index is -5.08. The van der Waals surface area contributed by atoms with E-state index in [2.05, 4.69) is 75.4 Å². The summed E-state index contributed by atoms with van der Waals surface area (Å²) < 4.78 is 66.6. The molecule has 2 aromatic carbocycles. The lowest BCUT2D eigenvalue weighted by atomic mass is 10.1. The van der Waals surface area contributed by atoms with Gasteiger partial charge in [-0.25, -0.2) is 19.1 Å². The molecule has 0 bridgehead atoms. The normalized spacial score (nSPS) is 13.5. The molecule has 16 heteroatoms. The predicted octanol–water partition coefficient (Wildman–Crippen LogP) is 5.95. The van der Waals surface area contributed by atoms with Crippen LogP contribution in [-0.4, -0.2) is 75.3 Å². The second-order valence-electron chi connectivity index (χ2n) is 9.20. The predicted molar refractivity (Wildman–Crippen MR) is 152 cm³/mol. The van der Waals surface area contributed by atoms with Gasteiger partial charge in [0, 0.05) is 71.0 Å². The van der Waals surface area contributed by atoms with E-state index in [1.54, 1.807) is 11.3 Å². The van der Waals surface area contributed by atoms with Crippen molar-refractivity contribution in [2.75, 3.05) is 31.1 Å². The first-order valence-electron chi connectivity index (χ1n) is 12.7. The van der Waals surface area contributed by atoms with Crippen LogP contribution in [0.1, 0.15) is 0 Å². The van der Waals surface area contributed by atoms with Gasteiger partial charge in [-0.2, -0.15) is 31.4 Å². The number of rotatable bonds is 3. The molecular weight excluding hydrogens is 616 g/mol. The highest BCUT2D eigenvalue weighted by molar-refractivity contribution is 7.17. The first-order valence-corrected chi connectivity index (χ1v) is 13.6. The first kappa shape index (κ1) is 32.2. The van der Waals surface area contributed by atoms with E-state index in [0.29, 0.717) is 0 Å². The van der Waals surface area contributed by atoms with E-state index in [-0.39, 0.29) is 0 Å². The minimum Gasteiger partial charge on any atom is -0.475 e. The second kappa shape index (κ2) is 13.3. The topological polar surface area (TPSA) is 120 Å². The Labute approximate surface area is 249 Å². The maximum absolute atomic E-state index is 10.6. The summed E-state index contributed by atoms with van der Waals surface area (Å²) in [5.74, 6) is -5.51. The molecule has 0 radical (unpaired) electrons. The number of fused-ring (bicyclic) bond motifs is 2. The van der Waals surface area contributed by atoms with Crippen molar-refractivity contribution in [3.8, 4) is 22.3 Å². The monoisotopic (exact) mass is 639 g/mol. The maximum atomic E-state index is 10.6. The minimum absolute atomic E-state index is 0.889. The van der Waals surface area contributed by atoms with E-state index in [1.807, 2.05) is 16.9 Å². The Morgan fingerprint density at radius 3 is 2.00 bits per heavy atom. The van der Waals surface area contributed by atoms with Gasteiger partial charge in [-0.15, -0.1) is 11.3 Å². The number of aromatic nitrogens is 3. The number of hydrogen-bond acceptors (Lipinski definition) is 7. The van der Waals surface area contributed by atoms with Crippen molar-refractivity contribution >= 4 is 44.7 Å². The third kappa shape index (κ3) is 7.82. The SMILES string of the molecule is O=C(O)C(F)(F)F.O=C(O)C(F)(F)F.c1ccc2c(-c3cnn4cc(-c5ccc(N6CCNCC6)cc5)cnc34)csc2c1. The largest absolute Gasteiger partial charge is 0.490 e. The van der Waals surface area contributed by atoms with Gasteiger partial charge in [-0.05, 0) is 29.1 Å². The number of aliphatic carboxylic acids is 2. The van der Waals surface area contributed by atoms with Crippen molar-refractivity contribution in [3.63, 3.8) is 0 Å². The van der Waals surface area contributed by atoms with Crippen LogP contribution < -0.4 is 10.2 Å². The highest BCUT2D eigenvalue weighted by atomic mass is 32.1.